The largest absolute Gasteiger partial charge is 0.489 e. The third-order valence-electron chi connectivity index (χ3n) is 3.55. The van der Waals surface area contributed by atoms with Crippen molar-refractivity contribution >= 4 is 10.9 Å². The maximum absolute atomic E-state index is 12.7. The number of fused-ring (bicyclic) bond motifs is 1. The van der Waals surface area contributed by atoms with Crippen molar-refractivity contribution in [1.82, 2.24) is 4.98 Å². The minimum Gasteiger partial charge on any atom is -0.489 e. The van der Waals surface area contributed by atoms with Crippen molar-refractivity contribution in [2.24, 2.45) is 0 Å². The quantitative estimate of drug-likeness (QED) is 0.717. The van der Waals surface area contributed by atoms with Gasteiger partial charge in [-0.15, -0.1) is 0 Å². The smallest absolute Gasteiger partial charge is 0.416 e. The number of ether oxygens (including phenoxy) is 1. The Morgan fingerprint density at radius 3 is 2.64 bits per heavy atom. The number of hydrogen-bond donors (Lipinski definition) is 1. The average Bonchev–Trinajstić information content (AvgIpc) is 2.89. The number of nitrogens with one attached hydrogen (secondary N) is 1. The number of aryl methyl sites for hydroxylation is 1. The van der Waals surface area contributed by atoms with Crippen molar-refractivity contribution in [3.8, 4) is 5.75 Å². The number of H-pyrrole nitrogens is 1. The molecule has 1 heterocycles. The van der Waals surface area contributed by atoms with Gasteiger partial charge in [0.1, 0.15) is 12.4 Å². The predicted octanol–water partition coefficient (Wildman–Crippen LogP) is 5.07. The molecule has 0 amide bonds. The van der Waals surface area contributed by atoms with Gasteiger partial charge < -0.3 is 9.72 Å². The summed E-state index contributed by atoms with van der Waals surface area (Å²) in [4.78, 5) is 3.14. The first-order valence-corrected chi connectivity index (χ1v) is 6.81. The van der Waals surface area contributed by atoms with Crippen LogP contribution in [-0.2, 0) is 12.8 Å². The molecule has 114 valence electrons. The van der Waals surface area contributed by atoms with E-state index in [1.807, 2.05) is 31.3 Å². The number of rotatable bonds is 3. The highest BCUT2D eigenvalue weighted by Crippen LogP contribution is 2.31. The zero-order valence-corrected chi connectivity index (χ0v) is 11.9. The number of benzene rings is 2. The van der Waals surface area contributed by atoms with Crippen molar-refractivity contribution in [2.45, 2.75) is 19.7 Å². The molecule has 0 radical (unpaired) electrons. The molecule has 0 aliphatic heterocycles. The minimum atomic E-state index is -4.36. The van der Waals surface area contributed by atoms with E-state index in [0.717, 1.165) is 34.2 Å². The Labute approximate surface area is 125 Å². The number of hydrogen-bond acceptors (Lipinski definition) is 1. The van der Waals surface area contributed by atoms with Gasteiger partial charge in [-0.05, 0) is 36.8 Å². The van der Waals surface area contributed by atoms with Gasteiger partial charge in [-0.2, -0.15) is 13.2 Å². The lowest BCUT2D eigenvalue weighted by molar-refractivity contribution is -0.137. The van der Waals surface area contributed by atoms with E-state index >= 15 is 0 Å². The second-order valence-corrected chi connectivity index (χ2v) is 5.13. The molecule has 0 saturated heterocycles. The summed E-state index contributed by atoms with van der Waals surface area (Å²) in [5.41, 5.74) is 2.30. The predicted molar refractivity (Wildman–Crippen MR) is 78.8 cm³/mol. The Hall–Kier alpha value is -2.43. The van der Waals surface area contributed by atoms with E-state index in [1.165, 1.54) is 12.1 Å². The fourth-order valence-electron chi connectivity index (χ4n) is 2.49. The van der Waals surface area contributed by atoms with Gasteiger partial charge in [0.15, 0.2) is 0 Å². The molecule has 2 nitrogen and oxygen atoms in total. The zero-order chi connectivity index (χ0) is 15.7. The Kier molecular flexibility index (Phi) is 3.56. The Morgan fingerprint density at radius 2 is 1.86 bits per heavy atom. The maximum Gasteiger partial charge on any atom is 0.416 e. The van der Waals surface area contributed by atoms with E-state index in [4.69, 9.17) is 4.74 Å². The van der Waals surface area contributed by atoms with Gasteiger partial charge in [0.05, 0.1) is 5.56 Å². The zero-order valence-electron chi connectivity index (χ0n) is 11.9. The molecule has 0 atom stereocenters. The van der Waals surface area contributed by atoms with E-state index in [9.17, 15) is 13.2 Å². The van der Waals surface area contributed by atoms with Gasteiger partial charge in [-0.1, -0.05) is 18.2 Å². The van der Waals surface area contributed by atoms with Gasteiger partial charge in [0.25, 0.3) is 0 Å². The van der Waals surface area contributed by atoms with Crippen LogP contribution in [0.2, 0.25) is 0 Å². The first kappa shape index (κ1) is 14.5. The van der Waals surface area contributed by atoms with Crippen LogP contribution in [0, 0.1) is 6.92 Å². The molecule has 0 spiro atoms. The number of aromatic amines is 1. The molecule has 2 aromatic carbocycles. The third kappa shape index (κ3) is 2.79. The normalized spacial score (nSPS) is 11.8. The van der Waals surface area contributed by atoms with Crippen molar-refractivity contribution < 1.29 is 17.9 Å². The first-order chi connectivity index (χ1) is 10.4. The SMILES string of the molecule is Cc1cccc2[nH]cc(COc3cccc(C(F)(F)F)c3)c12. The summed E-state index contributed by atoms with van der Waals surface area (Å²) in [7, 11) is 0. The average molecular weight is 305 g/mol. The highest BCUT2D eigenvalue weighted by Gasteiger charge is 2.30. The molecule has 0 aliphatic rings. The van der Waals surface area contributed by atoms with E-state index in [-0.39, 0.29) is 12.4 Å². The van der Waals surface area contributed by atoms with E-state index in [2.05, 4.69) is 4.98 Å². The summed E-state index contributed by atoms with van der Waals surface area (Å²) in [6.07, 6.45) is -2.54. The van der Waals surface area contributed by atoms with Crippen LogP contribution in [0.1, 0.15) is 16.7 Å². The topological polar surface area (TPSA) is 25.0 Å². The molecule has 5 heteroatoms. The van der Waals surface area contributed by atoms with Gasteiger partial charge in [-0.3, -0.25) is 0 Å². The van der Waals surface area contributed by atoms with E-state index in [0.29, 0.717) is 0 Å². The summed E-state index contributed by atoms with van der Waals surface area (Å²) < 4.78 is 43.6. The van der Waals surface area contributed by atoms with Crippen molar-refractivity contribution in [3.05, 3.63) is 65.4 Å². The van der Waals surface area contributed by atoms with Crippen LogP contribution in [0.4, 0.5) is 13.2 Å². The van der Waals surface area contributed by atoms with Gasteiger partial charge in [0, 0.05) is 22.7 Å². The van der Waals surface area contributed by atoms with Crippen LogP contribution in [0.5, 0.6) is 5.75 Å². The molecule has 0 aliphatic carbocycles. The van der Waals surface area contributed by atoms with Crippen LogP contribution in [-0.4, -0.2) is 4.98 Å². The number of aromatic nitrogens is 1. The molecule has 0 bridgehead atoms. The van der Waals surface area contributed by atoms with Crippen LogP contribution >= 0.6 is 0 Å². The molecular formula is C17H14F3NO. The Bertz CT molecular complexity index is 805. The molecule has 22 heavy (non-hydrogen) atoms. The van der Waals surface area contributed by atoms with Crippen molar-refractivity contribution in [3.63, 3.8) is 0 Å². The van der Waals surface area contributed by atoms with Gasteiger partial charge >= 0.3 is 6.18 Å². The maximum atomic E-state index is 12.7. The fourth-order valence-corrected chi connectivity index (χ4v) is 2.49. The highest BCUT2D eigenvalue weighted by molar-refractivity contribution is 5.86. The van der Waals surface area contributed by atoms with Crippen LogP contribution in [0.25, 0.3) is 10.9 Å². The van der Waals surface area contributed by atoms with Crippen LogP contribution in [0.15, 0.2) is 48.7 Å². The standard InChI is InChI=1S/C17H14F3NO/c1-11-4-2-7-15-16(11)12(9-21-15)10-22-14-6-3-5-13(8-14)17(18,19)20/h2-9,21H,10H2,1H3. The molecule has 0 unspecified atom stereocenters. The molecule has 1 aromatic heterocycles. The molecule has 0 fully saturated rings. The summed E-state index contributed by atoms with van der Waals surface area (Å²) in [5.74, 6) is 0.206. The number of alkyl halides is 3. The monoisotopic (exact) mass is 305 g/mol. The molecule has 0 saturated carbocycles. The first-order valence-electron chi connectivity index (χ1n) is 6.81. The molecule has 3 rings (SSSR count). The van der Waals surface area contributed by atoms with E-state index in [1.54, 1.807) is 0 Å². The highest BCUT2D eigenvalue weighted by atomic mass is 19.4. The van der Waals surface area contributed by atoms with Crippen molar-refractivity contribution in [1.29, 1.82) is 0 Å². The second-order valence-electron chi connectivity index (χ2n) is 5.13. The summed E-state index contributed by atoms with van der Waals surface area (Å²) in [5, 5.41) is 1.05. The number of halogens is 3. The lowest BCUT2D eigenvalue weighted by Gasteiger charge is -2.10. The van der Waals surface area contributed by atoms with Crippen LogP contribution in [0.3, 0.4) is 0 Å². The fraction of sp³-hybridized carbons (Fsp3) is 0.176. The van der Waals surface area contributed by atoms with E-state index < -0.39 is 11.7 Å². The Balaban J connectivity index is 1.83. The van der Waals surface area contributed by atoms with Crippen LogP contribution < -0.4 is 4.74 Å². The lowest BCUT2D eigenvalue weighted by Crippen LogP contribution is -2.05. The molecular weight excluding hydrogens is 291 g/mol. The summed E-state index contributed by atoms with van der Waals surface area (Å²) in [6.45, 7) is 2.20. The Morgan fingerprint density at radius 1 is 1.09 bits per heavy atom. The lowest BCUT2D eigenvalue weighted by atomic mass is 10.1. The summed E-state index contributed by atoms with van der Waals surface area (Å²) >= 11 is 0. The molecule has 3 aromatic rings. The van der Waals surface area contributed by atoms with Crippen molar-refractivity contribution in [2.75, 3.05) is 0 Å². The second kappa shape index (κ2) is 5.40. The third-order valence-corrected chi connectivity index (χ3v) is 3.55. The van der Waals surface area contributed by atoms with Gasteiger partial charge in [0.2, 0.25) is 0 Å². The van der Waals surface area contributed by atoms with Gasteiger partial charge in [-0.25, -0.2) is 0 Å². The minimum absolute atomic E-state index is 0.206. The molecule has 1 N–H and O–H groups in total. The summed E-state index contributed by atoms with van der Waals surface area (Å²) in [6, 6.07) is 10.8.